The van der Waals surface area contributed by atoms with E-state index in [4.69, 9.17) is 4.74 Å². The summed E-state index contributed by atoms with van der Waals surface area (Å²) in [6.45, 7) is 8.03. The number of thioether (sulfide) groups is 1. The molecule has 1 heterocycles. The molecule has 6 nitrogen and oxygen atoms in total. The van der Waals surface area contributed by atoms with Gasteiger partial charge in [-0.05, 0) is 68.7 Å². The molecule has 152 valence electrons. The highest BCUT2D eigenvalue weighted by Crippen LogP contribution is 2.25. The summed E-state index contributed by atoms with van der Waals surface area (Å²) in [5.41, 5.74) is 4.21. The Labute approximate surface area is 175 Å². The van der Waals surface area contributed by atoms with Crippen molar-refractivity contribution in [2.24, 2.45) is 7.05 Å². The van der Waals surface area contributed by atoms with Gasteiger partial charge in [0, 0.05) is 12.7 Å². The molecule has 7 heteroatoms. The Morgan fingerprint density at radius 1 is 1.10 bits per heavy atom. The molecule has 1 amide bonds. The number of rotatable bonds is 7. The molecule has 0 saturated carbocycles. The monoisotopic (exact) mass is 410 g/mol. The summed E-state index contributed by atoms with van der Waals surface area (Å²) in [7, 11) is 1.89. The number of nitrogens with one attached hydrogen (secondary N) is 1. The quantitative estimate of drug-likeness (QED) is 0.576. The van der Waals surface area contributed by atoms with Crippen molar-refractivity contribution in [1.29, 1.82) is 0 Å². The minimum absolute atomic E-state index is 0.0790. The Bertz CT molecular complexity index is 996. The van der Waals surface area contributed by atoms with E-state index >= 15 is 0 Å². The minimum atomic E-state index is -0.260. The molecule has 0 aliphatic heterocycles. The number of hydrogen-bond donors (Lipinski definition) is 1. The van der Waals surface area contributed by atoms with Crippen molar-refractivity contribution in [2.45, 2.75) is 39.0 Å². The van der Waals surface area contributed by atoms with Crippen molar-refractivity contribution in [3.8, 4) is 5.75 Å². The zero-order valence-corrected chi connectivity index (χ0v) is 18.2. The summed E-state index contributed by atoms with van der Waals surface area (Å²) in [5.74, 6) is 1.70. The first-order valence-corrected chi connectivity index (χ1v) is 10.4. The van der Waals surface area contributed by atoms with Crippen LogP contribution in [0.1, 0.15) is 35.5 Å². The lowest BCUT2D eigenvalue weighted by Crippen LogP contribution is -2.15. The van der Waals surface area contributed by atoms with Crippen molar-refractivity contribution in [3.05, 3.63) is 65.0 Å². The molecule has 1 unspecified atom stereocenters. The predicted molar refractivity (Wildman–Crippen MR) is 116 cm³/mol. The number of carbonyl (C=O) groups excluding carboxylic acids is 1. The van der Waals surface area contributed by atoms with Crippen molar-refractivity contribution in [3.63, 3.8) is 0 Å². The Hall–Kier alpha value is -2.80. The number of carbonyl (C=O) groups is 1. The van der Waals surface area contributed by atoms with Crippen molar-refractivity contribution >= 4 is 23.4 Å². The third kappa shape index (κ3) is 5.60. The molecular formula is C22H26N4O2S. The van der Waals surface area contributed by atoms with E-state index in [0.717, 1.165) is 28.1 Å². The Morgan fingerprint density at radius 3 is 2.52 bits per heavy atom. The van der Waals surface area contributed by atoms with Crippen LogP contribution in [-0.4, -0.2) is 26.4 Å². The van der Waals surface area contributed by atoms with Crippen LogP contribution in [0.3, 0.4) is 0 Å². The van der Waals surface area contributed by atoms with E-state index < -0.39 is 0 Å². The molecule has 29 heavy (non-hydrogen) atoms. The van der Waals surface area contributed by atoms with Gasteiger partial charge in [0.05, 0.1) is 5.75 Å². The lowest BCUT2D eigenvalue weighted by Gasteiger charge is -2.15. The standard InChI is InChI=1S/C22H26N4O2S/c1-14-7-6-8-18(10-14)23-20(27)13-29-22-25-24-21(26(22)5)17(4)28-19-11-15(2)9-16(3)12-19/h6-12,17H,13H2,1-5H3,(H,23,27). The highest BCUT2D eigenvalue weighted by Gasteiger charge is 2.18. The first kappa shape index (κ1) is 20.9. The van der Waals surface area contributed by atoms with Crippen LogP contribution >= 0.6 is 11.8 Å². The SMILES string of the molecule is Cc1cccc(NC(=O)CSc2nnc(C(C)Oc3cc(C)cc(C)c3)n2C)c1. The van der Waals surface area contributed by atoms with Crippen LogP contribution in [0.4, 0.5) is 5.69 Å². The first-order valence-electron chi connectivity index (χ1n) is 9.45. The van der Waals surface area contributed by atoms with Crippen LogP contribution < -0.4 is 10.1 Å². The summed E-state index contributed by atoms with van der Waals surface area (Å²) < 4.78 is 7.93. The van der Waals surface area contributed by atoms with Crippen LogP contribution in [0.15, 0.2) is 47.6 Å². The molecule has 0 radical (unpaired) electrons. The number of hydrogen-bond acceptors (Lipinski definition) is 5. The Kier molecular flexibility index (Phi) is 6.59. The second kappa shape index (κ2) is 9.13. The van der Waals surface area contributed by atoms with E-state index in [1.54, 1.807) is 0 Å². The van der Waals surface area contributed by atoms with E-state index in [1.807, 2.05) is 75.7 Å². The van der Waals surface area contributed by atoms with E-state index in [9.17, 15) is 4.79 Å². The third-order valence-electron chi connectivity index (χ3n) is 4.37. The molecule has 2 aromatic carbocycles. The van der Waals surface area contributed by atoms with Gasteiger partial charge in [-0.1, -0.05) is 30.0 Å². The lowest BCUT2D eigenvalue weighted by atomic mass is 10.1. The minimum Gasteiger partial charge on any atom is -0.483 e. The van der Waals surface area contributed by atoms with Crippen LogP contribution in [0.25, 0.3) is 0 Å². The summed E-state index contributed by atoms with van der Waals surface area (Å²) in [6.07, 6.45) is -0.260. The molecule has 1 N–H and O–H groups in total. The second-order valence-electron chi connectivity index (χ2n) is 7.19. The van der Waals surface area contributed by atoms with E-state index in [1.165, 1.54) is 11.8 Å². The molecule has 0 saturated heterocycles. The maximum Gasteiger partial charge on any atom is 0.234 e. The largest absolute Gasteiger partial charge is 0.483 e. The summed E-state index contributed by atoms with van der Waals surface area (Å²) in [5, 5.41) is 12.1. The Balaban J connectivity index is 1.60. The van der Waals surface area contributed by atoms with Gasteiger partial charge in [0.25, 0.3) is 0 Å². The molecule has 1 aromatic heterocycles. The summed E-state index contributed by atoms with van der Waals surface area (Å²) in [6, 6.07) is 13.8. The van der Waals surface area contributed by atoms with Crippen molar-refractivity contribution in [1.82, 2.24) is 14.8 Å². The normalized spacial score (nSPS) is 11.9. The van der Waals surface area contributed by atoms with E-state index in [-0.39, 0.29) is 17.8 Å². The van der Waals surface area contributed by atoms with Crippen LogP contribution in [-0.2, 0) is 11.8 Å². The second-order valence-corrected chi connectivity index (χ2v) is 8.13. The maximum absolute atomic E-state index is 12.2. The smallest absolute Gasteiger partial charge is 0.234 e. The number of amides is 1. The van der Waals surface area contributed by atoms with Crippen LogP contribution in [0, 0.1) is 20.8 Å². The molecule has 0 aliphatic carbocycles. The lowest BCUT2D eigenvalue weighted by molar-refractivity contribution is -0.113. The number of anilines is 1. The van der Waals surface area contributed by atoms with Gasteiger partial charge >= 0.3 is 0 Å². The predicted octanol–water partition coefficient (Wildman–Crippen LogP) is 4.61. The highest BCUT2D eigenvalue weighted by molar-refractivity contribution is 7.99. The fourth-order valence-electron chi connectivity index (χ4n) is 3.11. The molecule has 0 bridgehead atoms. The van der Waals surface area contributed by atoms with Gasteiger partial charge in [0.15, 0.2) is 17.1 Å². The Morgan fingerprint density at radius 2 is 1.83 bits per heavy atom. The summed E-state index contributed by atoms with van der Waals surface area (Å²) >= 11 is 1.35. The molecule has 3 rings (SSSR count). The first-order chi connectivity index (χ1) is 13.8. The fourth-order valence-corrected chi connectivity index (χ4v) is 3.83. The van der Waals surface area contributed by atoms with E-state index in [0.29, 0.717) is 11.0 Å². The molecule has 3 aromatic rings. The number of nitrogens with zero attached hydrogens (tertiary/aromatic N) is 3. The van der Waals surface area contributed by atoms with Gasteiger partial charge in [-0.15, -0.1) is 10.2 Å². The van der Waals surface area contributed by atoms with Gasteiger partial charge in [0.2, 0.25) is 5.91 Å². The van der Waals surface area contributed by atoms with Gasteiger partial charge in [-0.2, -0.15) is 0 Å². The number of aryl methyl sites for hydroxylation is 3. The topological polar surface area (TPSA) is 69.0 Å². The number of ether oxygens (including phenoxy) is 1. The van der Waals surface area contributed by atoms with Crippen LogP contribution in [0.2, 0.25) is 0 Å². The zero-order valence-electron chi connectivity index (χ0n) is 17.4. The maximum atomic E-state index is 12.2. The molecule has 1 atom stereocenters. The molecular weight excluding hydrogens is 384 g/mol. The average molecular weight is 411 g/mol. The van der Waals surface area contributed by atoms with Gasteiger partial charge in [0.1, 0.15) is 5.75 Å². The number of aromatic nitrogens is 3. The molecule has 0 spiro atoms. The van der Waals surface area contributed by atoms with E-state index in [2.05, 4.69) is 21.6 Å². The third-order valence-corrected chi connectivity index (χ3v) is 5.39. The van der Waals surface area contributed by atoms with Crippen molar-refractivity contribution in [2.75, 3.05) is 11.1 Å². The highest BCUT2D eigenvalue weighted by atomic mass is 32.2. The average Bonchev–Trinajstić information content (AvgIpc) is 3.00. The fraction of sp³-hybridized carbons (Fsp3) is 0.318. The summed E-state index contributed by atoms with van der Waals surface area (Å²) in [4.78, 5) is 12.2. The van der Waals surface area contributed by atoms with Gasteiger partial charge < -0.3 is 14.6 Å². The van der Waals surface area contributed by atoms with Gasteiger partial charge in [-0.25, -0.2) is 0 Å². The molecule has 0 aliphatic rings. The van der Waals surface area contributed by atoms with Gasteiger partial charge in [-0.3, -0.25) is 4.79 Å². The number of benzene rings is 2. The zero-order chi connectivity index (χ0) is 21.0. The molecule has 0 fully saturated rings. The van der Waals surface area contributed by atoms with Crippen molar-refractivity contribution < 1.29 is 9.53 Å². The van der Waals surface area contributed by atoms with Crippen LogP contribution in [0.5, 0.6) is 5.75 Å².